The summed E-state index contributed by atoms with van der Waals surface area (Å²) in [5.74, 6) is -0.241. The fourth-order valence-corrected chi connectivity index (χ4v) is 3.98. The van der Waals surface area contributed by atoms with E-state index >= 15 is 0 Å². The summed E-state index contributed by atoms with van der Waals surface area (Å²) in [6.07, 6.45) is 6.03. The molecule has 0 aromatic carbocycles. The summed E-state index contributed by atoms with van der Waals surface area (Å²) in [5.41, 5.74) is 2.39. The topological polar surface area (TPSA) is 46.8 Å². The van der Waals surface area contributed by atoms with Crippen LogP contribution in [-0.4, -0.2) is 45.7 Å². The first-order valence-electron chi connectivity index (χ1n) is 8.00. The molecule has 2 aromatic heterocycles. The van der Waals surface area contributed by atoms with Gasteiger partial charge in [0.2, 0.25) is 0 Å². The molecule has 4 rings (SSSR count). The molecule has 2 saturated heterocycles. The highest BCUT2D eigenvalue weighted by molar-refractivity contribution is 5.96. The van der Waals surface area contributed by atoms with Crippen molar-refractivity contribution in [3.05, 3.63) is 35.7 Å². The van der Waals surface area contributed by atoms with Crippen LogP contribution in [0.25, 0.3) is 5.52 Å². The number of carbonyl (C=O) groups is 1. The minimum absolute atomic E-state index is 0.0426. The van der Waals surface area contributed by atoms with Gasteiger partial charge in [-0.25, -0.2) is 9.31 Å². The van der Waals surface area contributed by atoms with Crippen molar-refractivity contribution in [1.29, 1.82) is 0 Å². The molecule has 1 unspecified atom stereocenters. The van der Waals surface area contributed by atoms with Crippen LogP contribution in [0.2, 0.25) is 0 Å². The fraction of sp³-hybridized carbons (Fsp3) is 0.529. The molecule has 0 aliphatic carbocycles. The Balaban J connectivity index is 1.54. The van der Waals surface area contributed by atoms with E-state index in [0.29, 0.717) is 17.6 Å². The van der Waals surface area contributed by atoms with Gasteiger partial charge >= 0.3 is 5.97 Å². The van der Waals surface area contributed by atoms with E-state index in [1.807, 2.05) is 25.1 Å². The first-order valence-corrected chi connectivity index (χ1v) is 8.00. The maximum atomic E-state index is 12.5. The van der Waals surface area contributed by atoms with Crippen LogP contribution in [0.3, 0.4) is 0 Å². The molecular weight excluding hydrogens is 278 g/mol. The normalized spacial score (nSPS) is 28.2. The molecule has 0 amide bonds. The quantitative estimate of drug-likeness (QED) is 0.799. The first kappa shape index (κ1) is 13.8. The van der Waals surface area contributed by atoms with Gasteiger partial charge in [-0.05, 0) is 38.9 Å². The predicted molar refractivity (Wildman–Crippen MR) is 82.9 cm³/mol. The molecule has 5 nitrogen and oxygen atoms in total. The van der Waals surface area contributed by atoms with Crippen molar-refractivity contribution in [3.8, 4) is 0 Å². The number of nitrogens with zero attached hydrogens (tertiary/aromatic N) is 3. The third-order valence-corrected chi connectivity index (χ3v) is 5.28. The smallest absolute Gasteiger partial charge is 0.342 e. The lowest BCUT2D eigenvalue weighted by Crippen LogP contribution is -2.43. The van der Waals surface area contributed by atoms with Gasteiger partial charge in [-0.2, -0.15) is 5.10 Å². The molecule has 0 saturated carbocycles. The molecule has 2 aliphatic rings. The van der Waals surface area contributed by atoms with Crippen molar-refractivity contribution < 1.29 is 9.53 Å². The van der Waals surface area contributed by atoms with E-state index in [1.165, 1.54) is 12.8 Å². The van der Waals surface area contributed by atoms with E-state index in [0.717, 1.165) is 24.1 Å². The summed E-state index contributed by atoms with van der Waals surface area (Å²) in [6.45, 7) is 1.98. The van der Waals surface area contributed by atoms with Crippen molar-refractivity contribution in [2.45, 2.75) is 50.8 Å². The summed E-state index contributed by atoms with van der Waals surface area (Å²) >= 11 is 0. The molecule has 2 fully saturated rings. The number of pyridine rings is 1. The van der Waals surface area contributed by atoms with Crippen LogP contribution >= 0.6 is 0 Å². The van der Waals surface area contributed by atoms with Crippen LogP contribution < -0.4 is 0 Å². The van der Waals surface area contributed by atoms with Crippen molar-refractivity contribution in [2.75, 3.05) is 7.05 Å². The molecule has 3 atom stereocenters. The zero-order valence-corrected chi connectivity index (χ0v) is 13.0. The number of aromatic nitrogens is 2. The molecule has 0 radical (unpaired) electrons. The molecule has 2 aromatic rings. The standard InChI is InChI=1S/C17H21N3O2/c1-11-4-3-5-16-15(10-18-20(11)16)17(21)22-14-8-12-6-7-13(9-14)19(12)2/h3-5,10,12-14H,6-9H2,1-2H3/t12-,13+,14?. The number of carbonyl (C=O) groups excluding carboxylic acids is 1. The Labute approximate surface area is 129 Å². The maximum absolute atomic E-state index is 12.5. The molecule has 2 aliphatic heterocycles. The van der Waals surface area contributed by atoms with Gasteiger partial charge in [0, 0.05) is 30.6 Å². The van der Waals surface area contributed by atoms with Gasteiger partial charge in [0.05, 0.1) is 11.7 Å². The van der Waals surface area contributed by atoms with Gasteiger partial charge in [0.15, 0.2) is 0 Å². The number of aryl methyl sites for hydroxylation is 1. The number of fused-ring (bicyclic) bond motifs is 3. The second-order valence-electron chi connectivity index (χ2n) is 6.57. The molecule has 2 bridgehead atoms. The van der Waals surface area contributed by atoms with Crippen molar-refractivity contribution in [3.63, 3.8) is 0 Å². The van der Waals surface area contributed by atoms with Gasteiger partial charge in [0.25, 0.3) is 0 Å². The number of esters is 1. The summed E-state index contributed by atoms with van der Waals surface area (Å²) in [7, 11) is 2.19. The van der Waals surface area contributed by atoms with Gasteiger partial charge in [-0.15, -0.1) is 0 Å². The molecule has 116 valence electrons. The molecule has 4 heterocycles. The van der Waals surface area contributed by atoms with Crippen LogP contribution in [0.5, 0.6) is 0 Å². The maximum Gasteiger partial charge on any atom is 0.342 e. The average molecular weight is 299 g/mol. The first-order chi connectivity index (χ1) is 10.6. The minimum atomic E-state index is -0.241. The van der Waals surface area contributed by atoms with E-state index in [9.17, 15) is 4.79 Å². The largest absolute Gasteiger partial charge is 0.459 e. The highest BCUT2D eigenvalue weighted by Crippen LogP contribution is 2.35. The Hall–Kier alpha value is -1.88. The van der Waals surface area contributed by atoms with E-state index < -0.39 is 0 Å². The molecule has 0 spiro atoms. The van der Waals surface area contributed by atoms with Gasteiger partial charge < -0.3 is 9.64 Å². The second kappa shape index (κ2) is 5.09. The Kier molecular flexibility index (Phi) is 3.18. The lowest BCUT2D eigenvalue weighted by molar-refractivity contribution is -0.000267. The highest BCUT2D eigenvalue weighted by atomic mass is 16.5. The number of hydrogen-bond donors (Lipinski definition) is 0. The Morgan fingerprint density at radius 2 is 2.00 bits per heavy atom. The SMILES string of the molecule is Cc1cccc2c(C(=O)OC3C[C@H]4CC[C@@H](C3)N4C)cnn12. The summed E-state index contributed by atoms with van der Waals surface area (Å²) in [4.78, 5) is 15.0. The van der Waals surface area contributed by atoms with Crippen LogP contribution in [0, 0.1) is 6.92 Å². The lowest BCUT2D eigenvalue weighted by atomic mass is 10.0. The van der Waals surface area contributed by atoms with Crippen molar-refractivity contribution >= 4 is 11.5 Å². The van der Waals surface area contributed by atoms with E-state index in [1.54, 1.807) is 10.7 Å². The number of hydrogen-bond acceptors (Lipinski definition) is 4. The van der Waals surface area contributed by atoms with Crippen molar-refractivity contribution in [2.24, 2.45) is 0 Å². The van der Waals surface area contributed by atoms with Crippen LogP contribution in [0.4, 0.5) is 0 Å². The van der Waals surface area contributed by atoms with Crippen LogP contribution in [0.15, 0.2) is 24.4 Å². The van der Waals surface area contributed by atoms with Crippen LogP contribution in [-0.2, 0) is 4.74 Å². The van der Waals surface area contributed by atoms with Gasteiger partial charge in [-0.3, -0.25) is 0 Å². The van der Waals surface area contributed by atoms with Crippen LogP contribution in [0.1, 0.15) is 41.7 Å². The van der Waals surface area contributed by atoms with Crippen molar-refractivity contribution in [1.82, 2.24) is 14.5 Å². The van der Waals surface area contributed by atoms with Gasteiger partial charge in [0.1, 0.15) is 11.7 Å². The fourth-order valence-electron chi connectivity index (χ4n) is 3.98. The summed E-state index contributed by atoms with van der Waals surface area (Å²) in [6, 6.07) is 6.97. The number of piperidine rings is 1. The molecule has 22 heavy (non-hydrogen) atoms. The molecule has 0 N–H and O–H groups in total. The third-order valence-electron chi connectivity index (χ3n) is 5.28. The predicted octanol–water partition coefficient (Wildman–Crippen LogP) is 2.42. The van der Waals surface area contributed by atoms with Gasteiger partial charge in [-0.1, -0.05) is 6.07 Å². The molecular formula is C17H21N3O2. The zero-order chi connectivity index (χ0) is 15.3. The van der Waals surface area contributed by atoms with E-state index in [2.05, 4.69) is 17.0 Å². The Morgan fingerprint density at radius 3 is 2.73 bits per heavy atom. The summed E-state index contributed by atoms with van der Waals surface area (Å²) < 4.78 is 7.58. The average Bonchev–Trinajstić information content (AvgIpc) is 2.99. The Bertz CT molecular complexity index is 710. The minimum Gasteiger partial charge on any atom is -0.459 e. The highest BCUT2D eigenvalue weighted by Gasteiger charge is 2.40. The zero-order valence-electron chi connectivity index (χ0n) is 13.0. The lowest BCUT2D eigenvalue weighted by Gasteiger charge is -2.35. The monoisotopic (exact) mass is 299 g/mol. The van der Waals surface area contributed by atoms with E-state index in [-0.39, 0.29) is 12.1 Å². The molecule has 5 heteroatoms. The van der Waals surface area contributed by atoms with E-state index in [4.69, 9.17) is 4.74 Å². The Morgan fingerprint density at radius 1 is 1.27 bits per heavy atom. The summed E-state index contributed by atoms with van der Waals surface area (Å²) in [5, 5.41) is 4.29. The second-order valence-corrected chi connectivity index (χ2v) is 6.57. The number of rotatable bonds is 2. The number of ether oxygens (including phenoxy) is 1. The third kappa shape index (κ3) is 2.11.